The highest BCUT2D eigenvalue weighted by molar-refractivity contribution is 7.91. The molecule has 2 fully saturated rings. The summed E-state index contributed by atoms with van der Waals surface area (Å²) in [6.07, 6.45) is 0.638. The highest BCUT2D eigenvalue weighted by atomic mass is 32.2. The summed E-state index contributed by atoms with van der Waals surface area (Å²) in [5.41, 5.74) is 2.46. The van der Waals surface area contributed by atoms with Gasteiger partial charge in [0.15, 0.2) is 15.8 Å². The van der Waals surface area contributed by atoms with Crippen molar-refractivity contribution < 1.29 is 13.2 Å². The lowest BCUT2D eigenvalue weighted by Gasteiger charge is -2.26. The minimum Gasteiger partial charge on any atom is -0.379 e. The molecule has 0 bridgehead atoms. The van der Waals surface area contributed by atoms with E-state index in [0.29, 0.717) is 18.9 Å². The summed E-state index contributed by atoms with van der Waals surface area (Å²) in [5, 5.41) is 6.46. The van der Waals surface area contributed by atoms with Gasteiger partial charge in [-0.3, -0.25) is 9.89 Å². The summed E-state index contributed by atoms with van der Waals surface area (Å²) in [5.74, 6) is 1.08. The Morgan fingerprint density at radius 1 is 1.23 bits per heavy atom. The zero-order chi connectivity index (χ0) is 18.4. The lowest BCUT2D eigenvalue weighted by atomic mass is 10.1. The van der Waals surface area contributed by atoms with Gasteiger partial charge in [-0.1, -0.05) is 24.3 Å². The van der Waals surface area contributed by atoms with Crippen molar-refractivity contribution in [1.29, 1.82) is 0 Å². The molecule has 0 amide bonds. The maximum Gasteiger partial charge on any atom is 0.191 e. The van der Waals surface area contributed by atoms with E-state index >= 15 is 0 Å². The summed E-state index contributed by atoms with van der Waals surface area (Å²) in [4.78, 5) is 6.59. The molecule has 1 atom stereocenters. The van der Waals surface area contributed by atoms with E-state index in [4.69, 9.17) is 4.74 Å². The zero-order valence-corrected chi connectivity index (χ0v) is 16.1. The Bertz CT molecular complexity index is 712. The summed E-state index contributed by atoms with van der Waals surface area (Å²) in [7, 11) is -1.19. The topological polar surface area (TPSA) is 83.0 Å². The van der Waals surface area contributed by atoms with Crippen molar-refractivity contribution in [3.05, 3.63) is 35.4 Å². The van der Waals surface area contributed by atoms with Gasteiger partial charge in [-0.15, -0.1) is 0 Å². The van der Waals surface area contributed by atoms with Crippen LogP contribution in [0.5, 0.6) is 0 Å². The van der Waals surface area contributed by atoms with Gasteiger partial charge in [0.2, 0.25) is 0 Å². The van der Waals surface area contributed by atoms with Crippen LogP contribution in [0.3, 0.4) is 0 Å². The van der Waals surface area contributed by atoms with E-state index in [2.05, 4.69) is 44.8 Å². The lowest BCUT2D eigenvalue weighted by Crippen LogP contribution is -2.43. The van der Waals surface area contributed by atoms with Gasteiger partial charge in [0.05, 0.1) is 24.7 Å². The van der Waals surface area contributed by atoms with Gasteiger partial charge in [-0.05, 0) is 17.5 Å². The fraction of sp³-hybridized carbons (Fsp3) is 0.611. The number of rotatable bonds is 5. The predicted molar refractivity (Wildman–Crippen MR) is 103 cm³/mol. The second kappa shape index (κ2) is 8.83. The number of sulfone groups is 1. The third kappa shape index (κ3) is 5.69. The molecule has 8 heteroatoms. The largest absolute Gasteiger partial charge is 0.379 e. The van der Waals surface area contributed by atoms with Crippen LogP contribution in [0.4, 0.5) is 0 Å². The molecule has 2 saturated heterocycles. The second-order valence-corrected chi connectivity index (χ2v) is 9.10. The molecule has 2 heterocycles. The molecule has 0 saturated carbocycles. The van der Waals surface area contributed by atoms with Crippen molar-refractivity contribution in [2.24, 2.45) is 4.99 Å². The van der Waals surface area contributed by atoms with Crippen molar-refractivity contribution >= 4 is 15.8 Å². The lowest BCUT2D eigenvalue weighted by molar-refractivity contribution is 0.0342. The molecule has 7 nitrogen and oxygen atoms in total. The van der Waals surface area contributed by atoms with E-state index in [-0.39, 0.29) is 17.5 Å². The van der Waals surface area contributed by atoms with Gasteiger partial charge < -0.3 is 15.4 Å². The van der Waals surface area contributed by atoms with Crippen LogP contribution in [0.15, 0.2) is 29.3 Å². The highest BCUT2D eigenvalue weighted by Gasteiger charge is 2.28. The summed E-state index contributed by atoms with van der Waals surface area (Å²) >= 11 is 0. The Morgan fingerprint density at radius 3 is 2.54 bits per heavy atom. The predicted octanol–water partition coefficient (Wildman–Crippen LogP) is 0.371. The van der Waals surface area contributed by atoms with Crippen molar-refractivity contribution in [1.82, 2.24) is 15.5 Å². The highest BCUT2D eigenvalue weighted by Crippen LogP contribution is 2.11. The van der Waals surface area contributed by atoms with Crippen LogP contribution < -0.4 is 10.6 Å². The van der Waals surface area contributed by atoms with Crippen molar-refractivity contribution in [3.8, 4) is 0 Å². The molecule has 0 radical (unpaired) electrons. The molecule has 2 aliphatic rings. The van der Waals surface area contributed by atoms with E-state index in [0.717, 1.165) is 38.4 Å². The SMILES string of the molecule is CN=C(NCc1ccc(CN2CCOCC2)cc1)NC1CCS(=O)(=O)C1. The summed E-state index contributed by atoms with van der Waals surface area (Å²) < 4.78 is 28.5. The number of morpholine rings is 1. The van der Waals surface area contributed by atoms with Crippen LogP contribution in [0, 0.1) is 0 Å². The van der Waals surface area contributed by atoms with E-state index < -0.39 is 9.84 Å². The average molecular weight is 381 g/mol. The van der Waals surface area contributed by atoms with Gasteiger partial charge in [-0.25, -0.2) is 8.42 Å². The molecule has 0 aromatic heterocycles. The Kier molecular flexibility index (Phi) is 6.50. The third-order valence-electron chi connectivity index (χ3n) is 4.79. The Hall–Kier alpha value is -1.64. The number of guanidine groups is 1. The van der Waals surface area contributed by atoms with Gasteiger partial charge in [0.1, 0.15) is 0 Å². The number of nitrogens with zero attached hydrogens (tertiary/aromatic N) is 2. The molecule has 0 aliphatic carbocycles. The molecule has 3 rings (SSSR count). The third-order valence-corrected chi connectivity index (χ3v) is 6.56. The molecular weight excluding hydrogens is 352 g/mol. The molecule has 1 unspecified atom stereocenters. The van der Waals surface area contributed by atoms with E-state index in [1.165, 1.54) is 5.56 Å². The fourth-order valence-electron chi connectivity index (χ4n) is 3.26. The van der Waals surface area contributed by atoms with Crippen LogP contribution in [-0.2, 0) is 27.7 Å². The Balaban J connectivity index is 1.46. The van der Waals surface area contributed by atoms with Crippen molar-refractivity contribution in [2.75, 3.05) is 44.9 Å². The maximum absolute atomic E-state index is 11.6. The molecule has 144 valence electrons. The molecule has 2 N–H and O–H groups in total. The molecule has 0 spiro atoms. The Morgan fingerprint density at radius 2 is 1.92 bits per heavy atom. The van der Waals surface area contributed by atoms with Crippen molar-refractivity contribution in [3.63, 3.8) is 0 Å². The maximum atomic E-state index is 11.6. The van der Waals surface area contributed by atoms with Gasteiger partial charge >= 0.3 is 0 Å². The number of hydrogen-bond donors (Lipinski definition) is 2. The number of hydrogen-bond acceptors (Lipinski definition) is 5. The van der Waals surface area contributed by atoms with Gasteiger partial charge in [0.25, 0.3) is 0 Å². The number of ether oxygens (including phenoxy) is 1. The van der Waals surface area contributed by atoms with Crippen LogP contribution in [0.25, 0.3) is 0 Å². The first-order chi connectivity index (χ1) is 12.5. The number of nitrogens with one attached hydrogen (secondary N) is 2. The molecular formula is C18H28N4O3S. The first-order valence-corrected chi connectivity index (χ1v) is 10.9. The Labute approximate surface area is 155 Å². The minimum atomic E-state index is -2.89. The van der Waals surface area contributed by atoms with Crippen LogP contribution in [0.2, 0.25) is 0 Å². The molecule has 1 aromatic rings. The molecule has 26 heavy (non-hydrogen) atoms. The standard InChI is InChI=1S/C18H28N4O3S/c1-19-18(21-17-6-11-26(23,24)14-17)20-12-15-2-4-16(5-3-15)13-22-7-9-25-10-8-22/h2-5,17H,6-14H2,1H3,(H2,19,20,21). The first kappa shape index (κ1) is 19.1. The normalized spacial score (nSPS) is 23.7. The quantitative estimate of drug-likeness (QED) is 0.567. The molecule has 1 aromatic carbocycles. The minimum absolute atomic E-state index is 0.0536. The zero-order valence-electron chi connectivity index (χ0n) is 15.3. The van der Waals surface area contributed by atoms with E-state index in [1.807, 2.05) is 0 Å². The average Bonchev–Trinajstić information content (AvgIpc) is 2.99. The number of benzene rings is 1. The van der Waals surface area contributed by atoms with Gasteiger partial charge in [-0.2, -0.15) is 0 Å². The van der Waals surface area contributed by atoms with Crippen LogP contribution in [-0.4, -0.2) is 70.2 Å². The first-order valence-electron chi connectivity index (χ1n) is 9.09. The number of aliphatic imine (C=N–C) groups is 1. The van der Waals surface area contributed by atoms with E-state index in [9.17, 15) is 8.42 Å². The monoisotopic (exact) mass is 380 g/mol. The van der Waals surface area contributed by atoms with Gasteiger partial charge in [0, 0.05) is 39.3 Å². The van der Waals surface area contributed by atoms with E-state index in [1.54, 1.807) is 7.05 Å². The van der Waals surface area contributed by atoms with Crippen molar-refractivity contribution in [2.45, 2.75) is 25.6 Å². The van der Waals surface area contributed by atoms with Crippen LogP contribution >= 0.6 is 0 Å². The fourth-order valence-corrected chi connectivity index (χ4v) is 4.94. The van der Waals surface area contributed by atoms with Crippen LogP contribution in [0.1, 0.15) is 17.5 Å². The second-order valence-electron chi connectivity index (χ2n) is 6.88. The smallest absolute Gasteiger partial charge is 0.191 e. The summed E-state index contributed by atoms with van der Waals surface area (Å²) in [6.45, 7) is 5.21. The summed E-state index contributed by atoms with van der Waals surface area (Å²) in [6, 6.07) is 8.51. The molecule has 2 aliphatic heterocycles.